The van der Waals surface area contributed by atoms with Crippen molar-refractivity contribution in [1.29, 1.82) is 5.26 Å². The molecule has 1 aromatic heterocycles. The van der Waals surface area contributed by atoms with Crippen LogP contribution >= 0.6 is 0 Å². The van der Waals surface area contributed by atoms with Gasteiger partial charge in [-0.25, -0.2) is 9.97 Å². The molecule has 1 heterocycles. The molecule has 290 valence electrons. The minimum Gasteiger partial charge on any atom is -0.241 e. The highest BCUT2D eigenvalue weighted by Crippen LogP contribution is 2.42. The summed E-state index contributed by atoms with van der Waals surface area (Å²) in [6.07, 6.45) is -7.36. The van der Waals surface area contributed by atoms with Crippen LogP contribution in [-0.4, -0.2) is 9.97 Å². The summed E-state index contributed by atoms with van der Waals surface area (Å²) in [6.45, 7) is 11.8. The first-order valence-electron chi connectivity index (χ1n) is 18.4. The van der Waals surface area contributed by atoms with Gasteiger partial charge in [0.2, 0.25) is 6.19 Å². The number of aromatic nitrogens is 2. The van der Waals surface area contributed by atoms with Crippen LogP contribution in [0.2, 0.25) is 0 Å². The zero-order valence-electron chi connectivity index (χ0n) is 31.5. The van der Waals surface area contributed by atoms with Crippen molar-refractivity contribution < 1.29 is 26.3 Å². The van der Waals surface area contributed by atoms with Crippen molar-refractivity contribution in [3.8, 4) is 50.7 Å². The van der Waals surface area contributed by atoms with Gasteiger partial charge in [-0.05, 0) is 107 Å². The SMILES string of the molecule is [C-]#[N+]/N=c1\c2cc(-c3ccc(C)cc3)c(-c3ccc(C)cc3)cc2c2nc3c(=NC#N)c4cc(-c5ccc(C(F)(F)F)cc5)c(-c5ccc(C(F)(F)F)cc5)cc4c3nc12. The van der Waals surface area contributed by atoms with Crippen LogP contribution in [0.15, 0.2) is 131 Å². The summed E-state index contributed by atoms with van der Waals surface area (Å²) in [6, 6.07) is 32.4. The van der Waals surface area contributed by atoms with Crippen molar-refractivity contribution in [1.82, 2.24) is 9.97 Å². The molecule has 0 N–H and O–H groups in total. The number of nitriles is 1. The number of rotatable bonds is 4. The molecule has 0 radical (unpaired) electrons. The fourth-order valence-corrected chi connectivity index (χ4v) is 7.79. The van der Waals surface area contributed by atoms with Crippen molar-refractivity contribution in [2.24, 2.45) is 10.1 Å². The zero-order chi connectivity index (χ0) is 42.1. The predicted molar refractivity (Wildman–Crippen MR) is 219 cm³/mol. The highest BCUT2D eigenvalue weighted by atomic mass is 19.4. The summed E-state index contributed by atoms with van der Waals surface area (Å²) in [7, 11) is 0. The van der Waals surface area contributed by atoms with E-state index >= 15 is 0 Å². The zero-order valence-corrected chi connectivity index (χ0v) is 31.5. The Balaban J connectivity index is 1.38. The van der Waals surface area contributed by atoms with E-state index in [-0.39, 0.29) is 21.7 Å². The lowest BCUT2D eigenvalue weighted by atomic mass is 9.91. The lowest BCUT2D eigenvalue weighted by Crippen LogP contribution is -2.04. The van der Waals surface area contributed by atoms with Gasteiger partial charge in [0.05, 0.1) is 27.3 Å². The molecule has 9 rings (SSSR count). The first-order chi connectivity index (χ1) is 28.7. The van der Waals surface area contributed by atoms with E-state index in [1.54, 1.807) is 12.1 Å². The van der Waals surface area contributed by atoms with Gasteiger partial charge < -0.3 is 0 Å². The second-order valence-electron chi connectivity index (χ2n) is 14.5. The van der Waals surface area contributed by atoms with Gasteiger partial charge in [-0.3, -0.25) is 0 Å². The fourth-order valence-electron chi connectivity index (χ4n) is 7.79. The van der Waals surface area contributed by atoms with Crippen molar-refractivity contribution in [3.05, 3.63) is 166 Å². The molecule has 0 unspecified atom stereocenters. The molecule has 0 aliphatic rings. The smallest absolute Gasteiger partial charge is 0.241 e. The van der Waals surface area contributed by atoms with E-state index in [2.05, 4.69) is 15.0 Å². The van der Waals surface area contributed by atoms with E-state index < -0.39 is 23.5 Å². The molecule has 0 fully saturated rings. The van der Waals surface area contributed by atoms with Crippen LogP contribution in [-0.2, 0) is 12.4 Å². The van der Waals surface area contributed by atoms with Crippen molar-refractivity contribution in [2.75, 3.05) is 0 Å². The Morgan fingerprint density at radius 3 is 1.18 bits per heavy atom. The molecule has 0 aliphatic carbocycles. The predicted octanol–water partition coefficient (Wildman–Crippen LogP) is 12.4. The molecule has 12 heteroatoms. The van der Waals surface area contributed by atoms with Gasteiger partial charge in [0.1, 0.15) is 16.4 Å². The maximum atomic E-state index is 13.6. The number of halogens is 6. The van der Waals surface area contributed by atoms with Crippen LogP contribution in [0.1, 0.15) is 22.3 Å². The molecule has 0 atom stereocenters. The summed E-state index contributed by atoms with van der Waals surface area (Å²) < 4.78 is 81.7. The maximum absolute atomic E-state index is 13.6. The van der Waals surface area contributed by atoms with Gasteiger partial charge in [0, 0.05) is 21.5 Å². The quantitative estimate of drug-likeness (QED) is 0.0769. The summed E-state index contributed by atoms with van der Waals surface area (Å²) in [5, 5.41) is 16.7. The average Bonchev–Trinajstić information content (AvgIpc) is 3.69. The highest BCUT2D eigenvalue weighted by Gasteiger charge is 2.31. The number of alkyl halides is 6. The molecule has 0 saturated heterocycles. The number of benzene rings is 6. The highest BCUT2D eigenvalue weighted by molar-refractivity contribution is 6.17. The minimum absolute atomic E-state index is 0.150. The van der Waals surface area contributed by atoms with Gasteiger partial charge >= 0.3 is 12.4 Å². The van der Waals surface area contributed by atoms with E-state index in [4.69, 9.17) is 16.5 Å². The van der Waals surface area contributed by atoms with Gasteiger partial charge in [-0.2, -0.15) is 43.2 Å². The summed E-state index contributed by atoms with van der Waals surface area (Å²) >= 11 is 0. The molecule has 8 aromatic carbocycles. The van der Waals surface area contributed by atoms with E-state index in [1.807, 2.05) is 80.7 Å². The Hall–Kier alpha value is -7.70. The Morgan fingerprint density at radius 1 is 0.500 bits per heavy atom. The summed E-state index contributed by atoms with van der Waals surface area (Å²) in [5.74, 6) is 0. The van der Waals surface area contributed by atoms with E-state index in [9.17, 15) is 31.6 Å². The third kappa shape index (κ3) is 6.39. The second-order valence-corrected chi connectivity index (χ2v) is 14.5. The Kier molecular flexibility index (Phi) is 8.83. The lowest BCUT2D eigenvalue weighted by molar-refractivity contribution is -0.138. The molecule has 0 amide bonds. The molecule has 0 bridgehead atoms. The van der Waals surface area contributed by atoms with Crippen LogP contribution < -0.4 is 10.7 Å². The number of aryl methyl sites for hydroxylation is 2. The number of fused-ring (bicyclic) bond motifs is 6. The van der Waals surface area contributed by atoms with E-state index in [0.717, 1.165) is 57.6 Å². The standard InChI is InChI=1S/C48H26F6N6/c1-25-4-8-27(9-5-25)34-22-39-40(23-36(34)28-10-6-26(2)7-11-28)44(60-56-3)46-43(39)58-45-41(57-24-55)37-20-33(29-12-16-31(17-13-29)47(49,50)51)35(21-38(37)42(45)59-46)30-14-18-32(19-15-30)48(52,53)54/h4-23H,1-2H3/b57-41?,60-44+. The van der Waals surface area contributed by atoms with Gasteiger partial charge in [0.15, 0.2) is 5.36 Å². The van der Waals surface area contributed by atoms with Gasteiger partial charge in [-0.1, -0.05) is 83.9 Å². The van der Waals surface area contributed by atoms with Crippen molar-refractivity contribution in [2.45, 2.75) is 26.2 Å². The summed E-state index contributed by atoms with van der Waals surface area (Å²) in [4.78, 5) is 17.7. The third-order valence-electron chi connectivity index (χ3n) is 10.8. The number of nitrogens with zero attached hydrogens (tertiary/aromatic N) is 6. The Bertz CT molecular complexity index is 3400. The van der Waals surface area contributed by atoms with Crippen LogP contribution in [0.4, 0.5) is 26.3 Å². The van der Waals surface area contributed by atoms with E-state index in [1.165, 1.54) is 24.3 Å². The number of hydrogen-bond acceptors (Lipinski definition) is 5. The molecule has 60 heavy (non-hydrogen) atoms. The van der Waals surface area contributed by atoms with Crippen molar-refractivity contribution in [3.63, 3.8) is 0 Å². The first-order valence-corrected chi connectivity index (χ1v) is 18.4. The van der Waals surface area contributed by atoms with E-state index in [0.29, 0.717) is 54.8 Å². The average molecular weight is 801 g/mol. The molecule has 0 aliphatic heterocycles. The molecule has 6 nitrogen and oxygen atoms in total. The normalized spacial score (nSPS) is 12.8. The van der Waals surface area contributed by atoms with Crippen LogP contribution in [0.25, 0.3) is 93.1 Å². The number of hydrogen-bond donors (Lipinski definition) is 0. The monoisotopic (exact) mass is 800 g/mol. The summed E-state index contributed by atoms with van der Waals surface area (Å²) in [5.41, 5.74) is 6.77. The van der Waals surface area contributed by atoms with Crippen LogP contribution in [0, 0.1) is 31.9 Å². The van der Waals surface area contributed by atoms with Gasteiger partial charge in [0.25, 0.3) is 0 Å². The fraction of sp³-hybridized carbons (Fsp3) is 0.0833. The Labute approximate surface area is 337 Å². The largest absolute Gasteiger partial charge is 0.416 e. The Morgan fingerprint density at radius 2 is 0.833 bits per heavy atom. The minimum atomic E-state index is -4.60. The first kappa shape index (κ1) is 37.9. The molecular formula is C48H26F6N6. The molecule has 0 spiro atoms. The van der Waals surface area contributed by atoms with Crippen molar-refractivity contribution >= 4 is 43.6 Å². The second kappa shape index (κ2) is 14.0. The molecule has 9 aromatic rings. The van der Waals surface area contributed by atoms with Crippen LogP contribution in [0.5, 0.6) is 0 Å². The molecule has 0 saturated carbocycles. The third-order valence-corrected chi connectivity index (χ3v) is 10.8. The lowest BCUT2D eigenvalue weighted by Gasteiger charge is -2.14. The van der Waals surface area contributed by atoms with Gasteiger partial charge in [-0.15, -0.1) is 4.95 Å². The molecular weight excluding hydrogens is 775 g/mol. The maximum Gasteiger partial charge on any atom is 0.416 e. The van der Waals surface area contributed by atoms with Crippen LogP contribution in [0.3, 0.4) is 0 Å². The topological polar surface area (TPSA) is 78.6 Å².